The van der Waals surface area contributed by atoms with Crippen LogP contribution in [0.1, 0.15) is 31.4 Å². The van der Waals surface area contributed by atoms with Crippen molar-refractivity contribution in [3.63, 3.8) is 0 Å². The van der Waals surface area contributed by atoms with Crippen molar-refractivity contribution in [2.45, 2.75) is 38.6 Å². The van der Waals surface area contributed by atoms with Gasteiger partial charge in [-0.05, 0) is 19.8 Å². The Morgan fingerprint density at radius 2 is 1.80 bits per heavy atom. The average Bonchev–Trinajstić information content (AvgIpc) is 3.01. The number of rotatable bonds is 3. The topological polar surface area (TPSA) is 44.3 Å². The maximum absolute atomic E-state index is 4.58. The third-order valence-corrected chi connectivity index (χ3v) is 4.54. The molecule has 1 N–H and O–H groups in total. The minimum atomic E-state index is 0.721. The number of hydrogen-bond donors (Lipinski definition) is 1. The Bertz CT molecular complexity index is 448. The molecule has 0 unspecified atom stereocenters. The molecule has 0 spiro atoms. The quantitative estimate of drug-likeness (QED) is 0.912. The van der Waals surface area contributed by atoms with E-state index >= 15 is 0 Å². The van der Waals surface area contributed by atoms with E-state index in [1.807, 2.05) is 14.0 Å². The van der Waals surface area contributed by atoms with Gasteiger partial charge in [-0.2, -0.15) is 4.98 Å². The van der Waals surface area contributed by atoms with E-state index in [2.05, 4.69) is 31.2 Å². The number of piperazine rings is 1. The van der Waals surface area contributed by atoms with Gasteiger partial charge in [0.1, 0.15) is 5.82 Å². The Balaban J connectivity index is 1.64. The summed E-state index contributed by atoms with van der Waals surface area (Å²) in [7, 11) is 1.87. The smallest absolute Gasteiger partial charge is 0.224 e. The molecule has 5 heteroatoms. The van der Waals surface area contributed by atoms with Crippen molar-refractivity contribution in [1.29, 1.82) is 0 Å². The van der Waals surface area contributed by atoms with Crippen LogP contribution in [0.2, 0.25) is 0 Å². The standard InChI is InChI=1S/C15H25N5/c1-12-11-14(18-15(16-2)17-12)20-9-7-19(8-10-20)13-5-3-4-6-13/h11,13H,3-10H2,1-2H3,(H,16,17,18). The Morgan fingerprint density at radius 1 is 1.10 bits per heavy atom. The van der Waals surface area contributed by atoms with Crippen molar-refractivity contribution in [1.82, 2.24) is 14.9 Å². The van der Waals surface area contributed by atoms with Gasteiger partial charge in [-0.1, -0.05) is 12.8 Å². The summed E-state index contributed by atoms with van der Waals surface area (Å²) in [6.07, 6.45) is 5.63. The highest BCUT2D eigenvalue weighted by atomic mass is 15.3. The van der Waals surface area contributed by atoms with Crippen LogP contribution in [0.3, 0.4) is 0 Å². The van der Waals surface area contributed by atoms with Crippen LogP contribution >= 0.6 is 0 Å². The molecule has 0 radical (unpaired) electrons. The molecular formula is C15H25N5. The maximum atomic E-state index is 4.58. The lowest BCUT2D eigenvalue weighted by Gasteiger charge is -2.38. The molecule has 0 atom stereocenters. The molecule has 1 aliphatic heterocycles. The van der Waals surface area contributed by atoms with Crippen LogP contribution < -0.4 is 10.2 Å². The lowest BCUT2D eigenvalue weighted by molar-refractivity contribution is 0.187. The van der Waals surface area contributed by atoms with Crippen molar-refractivity contribution in [3.05, 3.63) is 11.8 Å². The molecule has 2 aliphatic rings. The normalized spacial score (nSPS) is 21.4. The Morgan fingerprint density at radius 3 is 2.45 bits per heavy atom. The van der Waals surface area contributed by atoms with Crippen molar-refractivity contribution in [2.75, 3.05) is 43.4 Å². The van der Waals surface area contributed by atoms with Crippen LogP contribution in [0, 0.1) is 6.92 Å². The molecule has 2 heterocycles. The Kier molecular flexibility index (Phi) is 4.05. The van der Waals surface area contributed by atoms with Crippen LogP contribution in [0.15, 0.2) is 6.07 Å². The van der Waals surface area contributed by atoms with Crippen molar-refractivity contribution in [3.8, 4) is 0 Å². The Labute approximate surface area is 121 Å². The van der Waals surface area contributed by atoms with Gasteiger partial charge in [0.05, 0.1) is 0 Å². The molecule has 1 aromatic heterocycles. The summed E-state index contributed by atoms with van der Waals surface area (Å²) >= 11 is 0. The zero-order valence-corrected chi connectivity index (χ0v) is 12.6. The van der Waals surface area contributed by atoms with Crippen LogP contribution in [0.4, 0.5) is 11.8 Å². The fourth-order valence-electron chi connectivity index (χ4n) is 3.41. The molecule has 20 heavy (non-hydrogen) atoms. The third kappa shape index (κ3) is 2.87. The minimum Gasteiger partial charge on any atom is -0.357 e. The molecule has 0 aromatic carbocycles. The fourth-order valence-corrected chi connectivity index (χ4v) is 3.41. The average molecular weight is 275 g/mol. The van der Waals surface area contributed by atoms with Gasteiger partial charge in [0.15, 0.2) is 0 Å². The van der Waals surface area contributed by atoms with E-state index in [0.717, 1.165) is 36.6 Å². The summed E-state index contributed by atoms with van der Waals surface area (Å²) in [5.41, 5.74) is 1.03. The van der Waals surface area contributed by atoms with E-state index in [4.69, 9.17) is 0 Å². The van der Waals surface area contributed by atoms with Gasteiger partial charge in [0, 0.05) is 51.0 Å². The van der Waals surface area contributed by atoms with Crippen LogP contribution in [-0.4, -0.2) is 54.1 Å². The summed E-state index contributed by atoms with van der Waals surface area (Å²) in [6, 6.07) is 2.93. The van der Waals surface area contributed by atoms with Gasteiger partial charge >= 0.3 is 0 Å². The molecule has 1 saturated heterocycles. The first-order valence-electron chi connectivity index (χ1n) is 7.78. The number of hydrogen-bond acceptors (Lipinski definition) is 5. The molecule has 1 saturated carbocycles. The van der Waals surface area contributed by atoms with Gasteiger partial charge in [0.2, 0.25) is 5.95 Å². The highest BCUT2D eigenvalue weighted by Gasteiger charge is 2.26. The number of nitrogens with zero attached hydrogens (tertiary/aromatic N) is 4. The fraction of sp³-hybridized carbons (Fsp3) is 0.733. The summed E-state index contributed by atoms with van der Waals surface area (Å²) in [5, 5.41) is 3.04. The monoisotopic (exact) mass is 275 g/mol. The molecule has 2 fully saturated rings. The van der Waals surface area contributed by atoms with E-state index < -0.39 is 0 Å². The lowest BCUT2D eigenvalue weighted by atomic mass is 10.2. The second kappa shape index (κ2) is 5.95. The van der Waals surface area contributed by atoms with Crippen molar-refractivity contribution < 1.29 is 0 Å². The van der Waals surface area contributed by atoms with Crippen LogP contribution in [0.25, 0.3) is 0 Å². The minimum absolute atomic E-state index is 0.721. The lowest BCUT2D eigenvalue weighted by Crippen LogP contribution is -2.50. The predicted molar refractivity (Wildman–Crippen MR) is 82.4 cm³/mol. The highest BCUT2D eigenvalue weighted by molar-refractivity contribution is 5.45. The molecule has 1 aromatic rings. The summed E-state index contributed by atoms with van der Waals surface area (Å²) in [4.78, 5) is 14.0. The van der Waals surface area contributed by atoms with Gasteiger partial charge in [-0.3, -0.25) is 4.90 Å². The summed E-state index contributed by atoms with van der Waals surface area (Å²) in [6.45, 7) is 6.53. The zero-order valence-electron chi connectivity index (χ0n) is 12.6. The predicted octanol–water partition coefficient (Wildman–Crippen LogP) is 1.89. The van der Waals surface area contributed by atoms with Gasteiger partial charge in [-0.15, -0.1) is 0 Å². The van der Waals surface area contributed by atoms with Crippen LogP contribution in [0.5, 0.6) is 0 Å². The van der Waals surface area contributed by atoms with Gasteiger partial charge in [0.25, 0.3) is 0 Å². The number of aryl methyl sites for hydroxylation is 1. The molecule has 0 bridgehead atoms. The van der Waals surface area contributed by atoms with E-state index in [0.29, 0.717) is 0 Å². The third-order valence-electron chi connectivity index (χ3n) is 4.54. The van der Waals surface area contributed by atoms with E-state index in [9.17, 15) is 0 Å². The van der Waals surface area contributed by atoms with E-state index in [-0.39, 0.29) is 0 Å². The van der Waals surface area contributed by atoms with Crippen molar-refractivity contribution in [2.24, 2.45) is 0 Å². The molecule has 110 valence electrons. The SMILES string of the molecule is CNc1nc(C)cc(N2CCN(C3CCCC3)CC2)n1. The van der Waals surface area contributed by atoms with E-state index in [1.165, 1.54) is 38.8 Å². The first-order valence-corrected chi connectivity index (χ1v) is 7.78. The van der Waals surface area contributed by atoms with Gasteiger partial charge in [-0.25, -0.2) is 4.98 Å². The first-order chi connectivity index (χ1) is 9.76. The molecule has 1 aliphatic carbocycles. The molecular weight excluding hydrogens is 250 g/mol. The molecule has 5 nitrogen and oxygen atoms in total. The number of aromatic nitrogens is 2. The second-order valence-electron chi connectivity index (χ2n) is 5.90. The summed E-state index contributed by atoms with van der Waals surface area (Å²) < 4.78 is 0. The Hall–Kier alpha value is -1.36. The largest absolute Gasteiger partial charge is 0.357 e. The second-order valence-corrected chi connectivity index (χ2v) is 5.90. The molecule has 0 amide bonds. The number of nitrogens with one attached hydrogen (secondary N) is 1. The van der Waals surface area contributed by atoms with Gasteiger partial charge < -0.3 is 10.2 Å². The maximum Gasteiger partial charge on any atom is 0.224 e. The highest BCUT2D eigenvalue weighted by Crippen LogP contribution is 2.25. The zero-order chi connectivity index (χ0) is 13.9. The number of anilines is 2. The first kappa shape index (κ1) is 13.6. The van der Waals surface area contributed by atoms with Crippen molar-refractivity contribution >= 4 is 11.8 Å². The summed E-state index contributed by atoms with van der Waals surface area (Å²) in [5.74, 6) is 1.78. The molecule has 3 rings (SSSR count). The van der Waals surface area contributed by atoms with Crippen LogP contribution in [-0.2, 0) is 0 Å². The van der Waals surface area contributed by atoms with E-state index in [1.54, 1.807) is 0 Å².